The van der Waals surface area contributed by atoms with Crippen LogP contribution in [0.5, 0.6) is 0 Å². The molecule has 5 nitrogen and oxygen atoms in total. The molecule has 1 aliphatic rings. The number of nitrogens with one attached hydrogen (secondary N) is 2. The fraction of sp³-hybridized carbons (Fsp3) is 0.533. The Balaban J connectivity index is 1.99. The van der Waals surface area contributed by atoms with Crippen molar-refractivity contribution in [1.82, 2.24) is 5.32 Å². The van der Waals surface area contributed by atoms with Crippen LogP contribution in [0.2, 0.25) is 0 Å². The van der Waals surface area contributed by atoms with Crippen LogP contribution in [0.25, 0.3) is 0 Å². The lowest BCUT2D eigenvalue weighted by Gasteiger charge is -2.23. The van der Waals surface area contributed by atoms with Crippen LogP contribution in [-0.2, 0) is 14.6 Å². The molecule has 1 aromatic rings. The van der Waals surface area contributed by atoms with Crippen LogP contribution in [0.1, 0.15) is 32.1 Å². The Kier molecular flexibility index (Phi) is 5.86. The highest BCUT2D eigenvalue weighted by molar-refractivity contribution is 9.10. The van der Waals surface area contributed by atoms with E-state index in [-0.39, 0.29) is 23.4 Å². The topological polar surface area (TPSA) is 75.3 Å². The Morgan fingerprint density at radius 1 is 1.27 bits per heavy atom. The SMILES string of the molecule is CS(=O)(=O)c1c(Br)cccc1NCC(=O)NC1CCCCC1. The summed E-state index contributed by atoms with van der Waals surface area (Å²) in [7, 11) is -3.38. The second-order valence-electron chi connectivity index (χ2n) is 5.64. The number of sulfone groups is 1. The maximum atomic E-state index is 12.0. The molecule has 1 aromatic carbocycles. The molecule has 0 bridgehead atoms. The van der Waals surface area contributed by atoms with Gasteiger partial charge in [0.15, 0.2) is 9.84 Å². The first-order chi connectivity index (χ1) is 10.4. The van der Waals surface area contributed by atoms with Gasteiger partial charge in [0.2, 0.25) is 5.91 Å². The summed E-state index contributed by atoms with van der Waals surface area (Å²) >= 11 is 3.25. The summed E-state index contributed by atoms with van der Waals surface area (Å²) in [4.78, 5) is 12.2. The molecule has 1 aliphatic carbocycles. The van der Waals surface area contributed by atoms with Crippen molar-refractivity contribution in [1.29, 1.82) is 0 Å². The third kappa shape index (κ3) is 4.71. The van der Waals surface area contributed by atoms with Crippen LogP contribution in [-0.4, -0.2) is 33.2 Å². The third-order valence-corrected chi connectivity index (χ3v) is 5.85. The number of benzene rings is 1. The summed E-state index contributed by atoms with van der Waals surface area (Å²) in [5, 5.41) is 5.93. The van der Waals surface area contributed by atoms with Crippen LogP contribution in [0.15, 0.2) is 27.6 Å². The molecule has 1 saturated carbocycles. The zero-order valence-electron chi connectivity index (χ0n) is 12.6. The summed E-state index contributed by atoms with van der Waals surface area (Å²) in [6, 6.07) is 5.32. The van der Waals surface area contributed by atoms with Crippen molar-refractivity contribution in [3.8, 4) is 0 Å². The summed E-state index contributed by atoms with van der Waals surface area (Å²) in [6.45, 7) is 0.0650. The number of carbonyl (C=O) groups is 1. The molecule has 122 valence electrons. The third-order valence-electron chi connectivity index (χ3n) is 3.75. The molecule has 0 unspecified atom stereocenters. The van der Waals surface area contributed by atoms with Gasteiger partial charge in [0.25, 0.3) is 0 Å². The van der Waals surface area contributed by atoms with Crippen LogP contribution in [0.3, 0.4) is 0 Å². The van der Waals surface area contributed by atoms with Crippen molar-refractivity contribution in [2.45, 2.75) is 43.0 Å². The van der Waals surface area contributed by atoms with E-state index in [2.05, 4.69) is 26.6 Å². The number of halogens is 1. The molecule has 0 saturated heterocycles. The van der Waals surface area contributed by atoms with Crippen LogP contribution < -0.4 is 10.6 Å². The standard InChI is InChI=1S/C15H21BrN2O3S/c1-22(20,21)15-12(16)8-5-9-13(15)17-10-14(19)18-11-6-3-2-4-7-11/h5,8-9,11,17H,2-4,6-7,10H2,1H3,(H,18,19). The predicted octanol–water partition coefficient (Wildman–Crippen LogP) is 2.71. The van der Waals surface area contributed by atoms with Crippen molar-refractivity contribution >= 4 is 37.4 Å². The van der Waals surface area contributed by atoms with Gasteiger partial charge in [-0.15, -0.1) is 0 Å². The monoisotopic (exact) mass is 388 g/mol. The number of hydrogen-bond acceptors (Lipinski definition) is 4. The Bertz CT molecular complexity index is 640. The highest BCUT2D eigenvalue weighted by atomic mass is 79.9. The zero-order chi connectivity index (χ0) is 16.2. The average Bonchev–Trinajstić information content (AvgIpc) is 2.45. The van der Waals surface area contributed by atoms with Crippen molar-refractivity contribution in [3.63, 3.8) is 0 Å². The molecule has 0 aromatic heterocycles. The van der Waals surface area contributed by atoms with Crippen LogP contribution >= 0.6 is 15.9 Å². The fourth-order valence-corrected chi connectivity index (χ4v) is 4.94. The van der Waals surface area contributed by atoms with E-state index in [1.54, 1.807) is 18.2 Å². The smallest absolute Gasteiger partial charge is 0.239 e. The first-order valence-electron chi connectivity index (χ1n) is 7.40. The summed E-state index contributed by atoms with van der Waals surface area (Å²) in [6.07, 6.45) is 6.75. The quantitative estimate of drug-likeness (QED) is 0.812. The van der Waals surface area contributed by atoms with Gasteiger partial charge in [-0.1, -0.05) is 25.3 Å². The number of anilines is 1. The molecule has 0 radical (unpaired) electrons. The van der Waals surface area contributed by atoms with Gasteiger partial charge in [-0.25, -0.2) is 8.42 Å². The van der Waals surface area contributed by atoms with Crippen molar-refractivity contribution in [2.24, 2.45) is 0 Å². The highest BCUT2D eigenvalue weighted by Crippen LogP contribution is 2.29. The fourth-order valence-electron chi connectivity index (χ4n) is 2.73. The Morgan fingerprint density at radius 3 is 2.59 bits per heavy atom. The van der Waals surface area contributed by atoms with Gasteiger partial charge in [-0.2, -0.15) is 0 Å². The second kappa shape index (κ2) is 7.46. The van der Waals surface area contributed by atoms with E-state index in [4.69, 9.17) is 0 Å². The van der Waals surface area contributed by atoms with E-state index in [0.29, 0.717) is 10.2 Å². The van der Waals surface area contributed by atoms with Gasteiger partial charge >= 0.3 is 0 Å². The predicted molar refractivity (Wildman–Crippen MR) is 90.8 cm³/mol. The molecule has 0 heterocycles. The maximum absolute atomic E-state index is 12.0. The lowest BCUT2D eigenvalue weighted by atomic mass is 9.95. The van der Waals surface area contributed by atoms with Gasteiger partial charge in [0.05, 0.1) is 12.2 Å². The lowest BCUT2D eigenvalue weighted by Crippen LogP contribution is -2.39. The van der Waals surface area contributed by atoms with Crippen molar-refractivity contribution < 1.29 is 13.2 Å². The van der Waals surface area contributed by atoms with E-state index in [9.17, 15) is 13.2 Å². The number of carbonyl (C=O) groups excluding carboxylic acids is 1. The highest BCUT2D eigenvalue weighted by Gasteiger charge is 2.19. The minimum Gasteiger partial charge on any atom is -0.375 e. The summed E-state index contributed by atoms with van der Waals surface area (Å²) < 4.78 is 24.2. The summed E-state index contributed by atoms with van der Waals surface area (Å²) in [5.41, 5.74) is 0.440. The molecule has 0 atom stereocenters. The van der Waals surface area contributed by atoms with Crippen molar-refractivity contribution in [3.05, 3.63) is 22.7 Å². The van der Waals surface area contributed by atoms with E-state index in [0.717, 1.165) is 31.9 Å². The molecular formula is C15H21BrN2O3S. The molecule has 2 N–H and O–H groups in total. The van der Waals surface area contributed by atoms with Gasteiger partial charge in [-0.05, 0) is 40.9 Å². The van der Waals surface area contributed by atoms with E-state index in [1.165, 1.54) is 6.42 Å². The van der Waals surface area contributed by atoms with Crippen LogP contribution in [0, 0.1) is 0 Å². The molecule has 1 amide bonds. The average molecular weight is 389 g/mol. The summed E-state index contributed by atoms with van der Waals surface area (Å²) in [5.74, 6) is -0.105. The minimum absolute atomic E-state index is 0.0650. The van der Waals surface area contributed by atoms with Crippen LogP contribution in [0.4, 0.5) is 5.69 Å². The van der Waals surface area contributed by atoms with E-state index in [1.807, 2.05) is 0 Å². The number of amides is 1. The van der Waals surface area contributed by atoms with Crippen molar-refractivity contribution in [2.75, 3.05) is 18.1 Å². The first-order valence-corrected chi connectivity index (χ1v) is 10.1. The minimum atomic E-state index is -3.38. The lowest BCUT2D eigenvalue weighted by molar-refractivity contribution is -0.120. The molecule has 0 spiro atoms. The second-order valence-corrected chi connectivity index (χ2v) is 8.45. The first kappa shape index (κ1) is 17.3. The molecule has 0 aliphatic heterocycles. The van der Waals surface area contributed by atoms with Gasteiger partial charge < -0.3 is 10.6 Å². The largest absolute Gasteiger partial charge is 0.375 e. The molecule has 1 fully saturated rings. The molecule has 2 rings (SSSR count). The van der Waals surface area contributed by atoms with Gasteiger partial charge in [-0.3, -0.25) is 4.79 Å². The maximum Gasteiger partial charge on any atom is 0.239 e. The molecular weight excluding hydrogens is 368 g/mol. The number of rotatable bonds is 5. The van der Waals surface area contributed by atoms with Gasteiger partial charge in [0.1, 0.15) is 4.90 Å². The molecule has 7 heteroatoms. The zero-order valence-corrected chi connectivity index (χ0v) is 15.0. The number of hydrogen-bond donors (Lipinski definition) is 2. The molecule has 22 heavy (non-hydrogen) atoms. The van der Waals surface area contributed by atoms with E-state index < -0.39 is 9.84 Å². The normalized spacial score (nSPS) is 16.3. The Hall–Kier alpha value is -1.08. The van der Waals surface area contributed by atoms with Gasteiger partial charge in [0, 0.05) is 16.8 Å². The van der Waals surface area contributed by atoms with E-state index >= 15 is 0 Å². The Labute approximate surface area is 139 Å². The Morgan fingerprint density at radius 2 is 1.95 bits per heavy atom.